The predicted molar refractivity (Wildman–Crippen MR) is 86.7 cm³/mol. The minimum absolute atomic E-state index is 0.148. The number of amides is 1. The van der Waals surface area contributed by atoms with Crippen molar-refractivity contribution in [2.45, 2.75) is 90.8 Å². The van der Waals surface area contributed by atoms with Crippen molar-refractivity contribution < 1.29 is 14.3 Å². The maximum Gasteiger partial charge on any atom is 0.410 e. The average molecular weight is 309 g/mol. The molecule has 1 amide bonds. The smallest absolute Gasteiger partial charge is 0.410 e. The van der Waals surface area contributed by atoms with Gasteiger partial charge in [0.05, 0.1) is 0 Å². The first kappa shape index (κ1) is 17.3. The number of rotatable bonds is 4. The SMILES string of the molecule is CC(C)CCC(=O)C1CC2CCC(C1)N2C(=O)OC(C)(C)C. The second-order valence-corrected chi connectivity index (χ2v) is 8.34. The molecule has 2 atom stereocenters. The number of nitrogens with zero attached hydrogens (tertiary/aromatic N) is 1. The molecule has 0 aromatic rings. The van der Waals surface area contributed by atoms with Gasteiger partial charge in [0.25, 0.3) is 0 Å². The fourth-order valence-corrected chi connectivity index (χ4v) is 3.69. The van der Waals surface area contributed by atoms with E-state index < -0.39 is 5.60 Å². The molecule has 0 spiro atoms. The minimum atomic E-state index is -0.458. The highest BCUT2D eigenvalue weighted by atomic mass is 16.6. The monoisotopic (exact) mass is 309 g/mol. The van der Waals surface area contributed by atoms with Crippen LogP contribution in [0.4, 0.5) is 4.79 Å². The summed E-state index contributed by atoms with van der Waals surface area (Å²) in [5.41, 5.74) is -0.458. The van der Waals surface area contributed by atoms with Gasteiger partial charge in [-0.15, -0.1) is 0 Å². The third-order valence-corrected chi connectivity index (χ3v) is 4.76. The van der Waals surface area contributed by atoms with Gasteiger partial charge in [-0.3, -0.25) is 4.79 Å². The van der Waals surface area contributed by atoms with Gasteiger partial charge in [-0.05, 0) is 58.8 Å². The van der Waals surface area contributed by atoms with Crippen LogP contribution >= 0.6 is 0 Å². The van der Waals surface area contributed by atoms with Crippen molar-refractivity contribution in [1.29, 1.82) is 0 Å². The van der Waals surface area contributed by atoms with Crippen LogP contribution in [0.1, 0.15) is 73.1 Å². The van der Waals surface area contributed by atoms with E-state index in [9.17, 15) is 9.59 Å². The van der Waals surface area contributed by atoms with Crippen LogP contribution in [0.15, 0.2) is 0 Å². The molecule has 0 aromatic carbocycles. The maximum atomic E-state index is 12.4. The molecule has 0 N–H and O–H groups in total. The number of carbonyl (C=O) groups is 2. The highest BCUT2D eigenvalue weighted by Crippen LogP contribution is 2.40. The number of ether oxygens (including phenoxy) is 1. The molecule has 2 unspecified atom stereocenters. The van der Waals surface area contributed by atoms with Crippen LogP contribution in [0.5, 0.6) is 0 Å². The summed E-state index contributed by atoms with van der Waals surface area (Å²) in [7, 11) is 0. The summed E-state index contributed by atoms with van der Waals surface area (Å²) >= 11 is 0. The Hall–Kier alpha value is -1.06. The average Bonchev–Trinajstić information content (AvgIpc) is 2.65. The summed E-state index contributed by atoms with van der Waals surface area (Å²) in [5, 5.41) is 0. The fraction of sp³-hybridized carbons (Fsp3) is 0.889. The lowest BCUT2D eigenvalue weighted by atomic mass is 9.85. The molecule has 2 aliphatic heterocycles. The first-order valence-electron chi connectivity index (χ1n) is 8.71. The highest BCUT2D eigenvalue weighted by Gasteiger charge is 2.46. The zero-order valence-electron chi connectivity index (χ0n) is 14.7. The number of piperidine rings is 1. The van der Waals surface area contributed by atoms with Crippen molar-refractivity contribution >= 4 is 11.9 Å². The number of fused-ring (bicyclic) bond motifs is 2. The molecule has 0 aromatic heterocycles. The lowest BCUT2D eigenvalue weighted by molar-refractivity contribution is -0.125. The molecule has 4 nitrogen and oxygen atoms in total. The van der Waals surface area contributed by atoms with E-state index in [0.29, 0.717) is 18.1 Å². The van der Waals surface area contributed by atoms with Gasteiger partial charge in [0, 0.05) is 24.4 Å². The second kappa shape index (κ2) is 6.59. The van der Waals surface area contributed by atoms with Crippen LogP contribution < -0.4 is 0 Å². The molecule has 4 heteroatoms. The van der Waals surface area contributed by atoms with E-state index >= 15 is 0 Å². The number of carbonyl (C=O) groups excluding carboxylic acids is 2. The van der Waals surface area contributed by atoms with Crippen LogP contribution in [0.3, 0.4) is 0 Å². The molecule has 2 bridgehead atoms. The summed E-state index contributed by atoms with van der Waals surface area (Å²) in [6.07, 6.45) is 5.14. The van der Waals surface area contributed by atoms with E-state index in [4.69, 9.17) is 4.74 Å². The third kappa shape index (κ3) is 4.23. The molecule has 2 aliphatic rings. The van der Waals surface area contributed by atoms with Crippen molar-refractivity contribution in [3.05, 3.63) is 0 Å². The molecule has 22 heavy (non-hydrogen) atoms. The van der Waals surface area contributed by atoms with Crippen LogP contribution in [-0.2, 0) is 9.53 Å². The summed E-state index contributed by atoms with van der Waals surface area (Å²) in [4.78, 5) is 26.7. The number of Topliss-reactive ketones (excluding diaryl/α,β-unsaturated/α-hetero) is 1. The molecular formula is C18H31NO3. The van der Waals surface area contributed by atoms with Gasteiger partial charge in [0.1, 0.15) is 11.4 Å². The lowest BCUT2D eigenvalue weighted by Gasteiger charge is -2.39. The van der Waals surface area contributed by atoms with Crippen LogP contribution in [-0.4, -0.2) is 34.5 Å². The minimum Gasteiger partial charge on any atom is -0.444 e. The first-order valence-corrected chi connectivity index (χ1v) is 8.71. The molecule has 0 aliphatic carbocycles. The zero-order valence-corrected chi connectivity index (χ0v) is 14.7. The normalized spacial score (nSPS) is 28.1. The van der Waals surface area contributed by atoms with Crippen molar-refractivity contribution in [2.24, 2.45) is 11.8 Å². The largest absolute Gasteiger partial charge is 0.444 e. The molecule has 2 heterocycles. The van der Waals surface area contributed by atoms with Gasteiger partial charge in [-0.25, -0.2) is 4.79 Å². The second-order valence-electron chi connectivity index (χ2n) is 8.34. The molecule has 2 saturated heterocycles. The van der Waals surface area contributed by atoms with Crippen molar-refractivity contribution in [2.75, 3.05) is 0 Å². The van der Waals surface area contributed by atoms with Crippen LogP contribution in [0, 0.1) is 11.8 Å². The Morgan fingerprint density at radius 2 is 1.68 bits per heavy atom. The Kier molecular flexibility index (Phi) is 5.18. The molecular weight excluding hydrogens is 278 g/mol. The van der Waals surface area contributed by atoms with Crippen LogP contribution in [0.2, 0.25) is 0 Å². The summed E-state index contributed by atoms with van der Waals surface area (Å²) < 4.78 is 5.53. The Morgan fingerprint density at radius 3 is 2.14 bits per heavy atom. The summed E-state index contributed by atoms with van der Waals surface area (Å²) in [5.74, 6) is 1.12. The van der Waals surface area contributed by atoms with E-state index in [2.05, 4.69) is 13.8 Å². The predicted octanol–water partition coefficient (Wildman–Crippen LogP) is 4.17. The summed E-state index contributed by atoms with van der Waals surface area (Å²) in [6.45, 7) is 10.0. The van der Waals surface area contributed by atoms with E-state index in [1.807, 2.05) is 25.7 Å². The standard InChI is InChI=1S/C18H31NO3/c1-12(2)6-9-16(20)13-10-14-7-8-15(11-13)19(14)17(21)22-18(3,4)5/h12-15H,6-11H2,1-5H3. The van der Waals surface area contributed by atoms with Gasteiger partial charge in [-0.2, -0.15) is 0 Å². The Morgan fingerprint density at radius 1 is 1.14 bits per heavy atom. The van der Waals surface area contributed by atoms with Gasteiger partial charge in [0.15, 0.2) is 0 Å². The molecule has 0 saturated carbocycles. The van der Waals surface area contributed by atoms with E-state index in [-0.39, 0.29) is 24.1 Å². The molecule has 2 rings (SSSR count). The van der Waals surface area contributed by atoms with Gasteiger partial charge in [-0.1, -0.05) is 13.8 Å². The van der Waals surface area contributed by atoms with Crippen molar-refractivity contribution in [1.82, 2.24) is 4.90 Å². The maximum absolute atomic E-state index is 12.4. The topological polar surface area (TPSA) is 46.6 Å². The van der Waals surface area contributed by atoms with Crippen LogP contribution in [0.25, 0.3) is 0 Å². The quantitative estimate of drug-likeness (QED) is 0.783. The first-order chi connectivity index (χ1) is 10.2. The number of hydrogen-bond acceptors (Lipinski definition) is 3. The van der Waals surface area contributed by atoms with Crippen molar-refractivity contribution in [3.8, 4) is 0 Å². The Labute approximate surface area is 134 Å². The highest BCUT2D eigenvalue weighted by molar-refractivity contribution is 5.81. The van der Waals surface area contributed by atoms with Crippen molar-refractivity contribution in [3.63, 3.8) is 0 Å². The van der Waals surface area contributed by atoms with E-state index in [1.54, 1.807) is 0 Å². The molecule has 126 valence electrons. The zero-order chi connectivity index (χ0) is 16.5. The van der Waals surface area contributed by atoms with Gasteiger partial charge < -0.3 is 9.64 Å². The molecule has 0 radical (unpaired) electrons. The van der Waals surface area contributed by atoms with Gasteiger partial charge >= 0.3 is 6.09 Å². The Balaban J connectivity index is 1.94. The van der Waals surface area contributed by atoms with Gasteiger partial charge in [0.2, 0.25) is 0 Å². The molecule has 2 fully saturated rings. The fourth-order valence-electron chi connectivity index (χ4n) is 3.69. The summed E-state index contributed by atoms with van der Waals surface area (Å²) in [6, 6.07) is 0.392. The third-order valence-electron chi connectivity index (χ3n) is 4.76. The Bertz CT molecular complexity index is 411. The lowest BCUT2D eigenvalue weighted by Crippen LogP contribution is -2.49. The van der Waals surface area contributed by atoms with E-state index in [1.165, 1.54) is 0 Å². The number of ketones is 1. The van der Waals surface area contributed by atoms with E-state index in [0.717, 1.165) is 32.1 Å². The number of hydrogen-bond donors (Lipinski definition) is 0.